The van der Waals surface area contributed by atoms with Crippen molar-refractivity contribution in [3.63, 3.8) is 0 Å². The van der Waals surface area contributed by atoms with E-state index in [1.54, 1.807) is 36.4 Å². The van der Waals surface area contributed by atoms with Crippen LogP contribution in [0.5, 0.6) is 0 Å². The molecule has 21 heavy (non-hydrogen) atoms. The third kappa shape index (κ3) is 4.29. The molecule has 0 aromatic heterocycles. The van der Waals surface area contributed by atoms with Gasteiger partial charge in [0.1, 0.15) is 0 Å². The number of amides is 1. The highest BCUT2D eigenvalue weighted by atomic mass is 35.5. The molecule has 0 unspecified atom stereocenters. The summed E-state index contributed by atoms with van der Waals surface area (Å²) < 4.78 is 0. The van der Waals surface area contributed by atoms with E-state index in [0.717, 1.165) is 5.56 Å². The molecule has 2 aromatic carbocycles. The van der Waals surface area contributed by atoms with E-state index < -0.39 is 0 Å². The van der Waals surface area contributed by atoms with Gasteiger partial charge in [-0.1, -0.05) is 41.9 Å². The zero-order chi connectivity index (χ0) is 15.2. The van der Waals surface area contributed by atoms with Gasteiger partial charge in [0.15, 0.2) is 5.78 Å². The molecule has 0 spiro atoms. The van der Waals surface area contributed by atoms with Crippen LogP contribution in [0.3, 0.4) is 0 Å². The van der Waals surface area contributed by atoms with Gasteiger partial charge in [-0.15, -0.1) is 0 Å². The number of benzene rings is 2. The van der Waals surface area contributed by atoms with Crippen molar-refractivity contribution in [3.8, 4) is 0 Å². The number of hydrogen-bond donors (Lipinski definition) is 1. The fourth-order valence-electron chi connectivity index (χ4n) is 1.83. The van der Waals surface area contributed by atoms with Crippen molar-refractivity contribution >= 4 is 35.1 Å². The first kappa shape index (κ1) is 15.0. The lowest BCUT2D eigenvalue weighted by molar-refractivity contribution is -0.114. The highest BCUT2D eigenvalue weighted by Gasteiger charge is 2.04. The predicted octanol–water partition coefficient (Wildman–Crippen LogP) is 4.19. The van der Waals surface area contributed by atoms with Gasteiger partial charge in [-0.3, -0.25) is 9.59 Å². The Bertz CT molecular complexity index is 707. The number of hydrogen-bond acceptors (Lipinski definition) is 2. The van der Waals surface area contributed by atoms with Crippen molar-refractivity contribution < 1.29 is 9.59 Å². The maximum absolute atomic E-state index is 12.1. The summed E-state index contributed by atoms with van der Waals surface area (Å²) in [5, 5.41) is 3.24. The van der Waals surface area contributed by atoms with Gasteiger partial charge in [0.05, 0.1) is 0 Å². The minimum absolute atomic E-state index is 0.151. The van der Waals surface area contributed by atoms with E-state index in [-0.39, 0.29) is 11.7 Å². The topological polar surface area (TPSA) is 46.2 Å². The van der Waals surface area contributed by atoms with Crippen molar-refractivity contribution in [3.05, 3.63) is 70.8 Å². The van der Waals surface area contributed by atoms with Crippen LogP contribution in [0.4, 0.5) is 5.69 Å². The lowest BCUT2D eigenvalue weighted by atomic mass is 10.1. The Kier molecular flexibility index (Phi) is 4.90. The number of carbonyl (C=O) groups is 2. The smallest absolute Gasteiger partial charge is 0.221 e. The molecule has 106 valence electrons. The molecule has 0 aliphatic carbocycles. The van der Waals surface area contributed by atoms with Crippen LogP contribution < -0.4 is 5.32 Å². The zero-order valence-electron chi connectivity index (χ0n) is 11.5. The van der Waals surface area contributed by atoms with Gasteiger partial charge in [-0.2, -0.15) is 0 Å². The number of allylic oxidation sites excluding steroid dienone is 1. The van der Waals surface area contributed by atoms with Gasteiger partial charge < -0.3 is 5.32 Å². The standard InChI is InChI=1S/C17H14ClNO2/c1-12(20)19-15-7-4-6-14(11-15)17(21)10-9-13-5-2-3-8-16(13)18/h2-11H,1H3,(H,19,20)/b10-9+. The Labute approximate surface area is 128 Å². The summed E-state index contributed by atoms with van der Waals surface area (Å²) in [5.74, 6) is -0.326. The summed E-state index contributed by atoms with van der Waals surface area (Å²) in [7, 11) is 0. The van der Waals surface area contributed by atoms with E-state index in [4.69, 9.17) is 11.6 Å². The van der Waals surface area contributed by atoms with Crippen molar-refractivity contribution in [1.29, 1.82) is 0 Å². The number of nitrogens with one attached hydrogen (secondary N) is 1. The molecule has 0 atom stereocenters. The fourth-order valence-corrected chi connectivity index (χ4v) is 2.02. The molecule has 2 aromatic rings. The van der Waals surface area contributed by atoms with Crippen molar-refractivity contribution in [2.75, 3.05) is 5.32 Å². The van der Waals surface area contributed by atoms with E-state index >= 15 is 0 Å². The SMILES string of the molecule is CC(=O)Nc1cccc(C(=O)/C=C/c2ccccc2Cl)c1. The third-order valence-corrected chi connectivity index (χ3v) is 3.13. The lowest BCUT2D eigenvalue weighted by Gasteiger charge is -2.03. The average Bonchev–Trinajstić information content (AvgIpc) is 2.45. The van der Waals surface area contributed by atoms with Crippen molar-refractivity contribution in [2.45, 2.75) is 6.92 Å². The van der Waals surface area contributed by atoms with E-state index in [9.17, 15) is 9.59 Å². The van der Waals surface area contributed by atoms with E-state index in [0.29, 0.717) is 16.3 Å². The number of carbonyl (C=O) groups excluding carboxylic acids is 2. The molecule has 2 rings (SSSR count). The van der Waals surface area contributed by atoms with Gasteiger partial charge >= 0.3 is 0 Å². The van der Waals surface area contributed by atoms with Crippen LogP contribution in [0, 0.1) is 0 Å². The Morgan fingerprint density at radius 1 is 1.10 bits per heavy atom. The molecular formula is C17H14ClNO2. The quantitative estimate of drug-likeness (QED) is 0.679. The molecule has 0 fully saturated rings. The number of ketones is 1. The largest absolute Gasteiger partial charge is 0.326 e. The molecule has 0 aliphatic rings. The van der Waals surface area contributed by atoms with Gasteiger partial charge in [0.25, 0.3) is 0 Å². The maximum Gasteiger partial charge on any atom is 0.221 e. The summed E-state index contributed by atoms with van der Waals surface area (Å²) in [4.78, 5) is 23.1. The van der Waals surface area contributed by atoms with E-state index in [2.05, 4.69) is 5.32 Å². The highest BCUT2D eigenvalue weighted by molar-refractivity contribution is 6.32. The molecule has 0 saturated heterocycles. The molecular weight excluding hydrogens is 286 g/mol. The summed E-state index contributed by atoms with van der Waals surface area (Å²) >= 11 is 6.03. The number of anilines is 1. The van der Waals surface area contributed by atoms with Crippen LogP contribution in [-0.4, -0.2) is 11.7 Å². The minimum atomic E-state index is -0.175. The normalized spacial score (nSPS) is 10.6. The first-order valence-corrected chi connectivity index (χ1v) is 6.78. The summed E-state index contributed by atoms with van der Waals surface area (Å²) in [5.41, 5.74) is 1.88. The molecule has 0 radical (unpaired) electrons. The zero-order valence-corrected chi connectivity index (χ0v) is 12.2. The second-order valence-electron chi connectivity index (χ2n) is 4.48. The molecule has 0 aliphatic heterocycles. The van der Waals surface area contributed by atoms with Gasteiger partial charge in [-0.25, -0.2) is 0 Å². The molecule has 0 saturated carbocycles. The first-order valence-electron chi connectivity index (χ1n) is 6.41. The van der Waals surface area contributed by atoms with Crippen LogP contribution in [0.2, 0.25) is 5.02 Å². The van der Waals surface area contributed by atoms with Crippen molar-refractivity contribution in [2.24, 2.45) is 0 Å². The lowest BCUT2D eigenvalue weighted by Crippen LogP contribution is -2.06. The Balaban J connectivity index is 2.17. The van der Waals surface area contributed by atoms with Crippen molar-refractivity contribution in [1.82, 2.24) is 0 Å². The maximum atomic E-state index is 12.1. The highest BCUT2D eigenvalue weighted by Crippen LogP contribution is 2.17. The number of rotatable bonds is 4. The minimum Gasteiger partial charge on any atom is -0.326 e. The second-order valence-corrected chi connectivity index (χ2v) is 4.89. The molecule has 4 heteroatoms. The second kappa shape index (κ2) is 6.86. The van der Waals surface area contributed by atoms with E-state index in [1.807, 2.05) is 18.2 Å². The number of halogens is 1. The van der Waals surface area contributed by atoms with Gasteiger partial charge in [0, 0.05) is 23.2 Å². The van der Waals surface area contributed by atoms with Crippen LogP contribution in [0.15, 0.2) is 54.6 Å². The van der Waals surface area contributed by atoms with E-state index in [1.165, 1.54) is 13.0 Å². The summed E-state index contributed by atoms with van der Waals surface area (Å²) in [6.07, 6.45) is 3.14. The van der Waals surface area contributed by atoms with Crippen LogP contribution in [0.1, 0.15) is 22.8 Å². The van der Waals surface area contributed by atoms with Crippen LogP contribution in [0.25, 0.3) is 6.08 Å². The monoisotopic (exact) mass is 299 g/mol. The first-order chi connectivity index (χ1) is 10.1. The third-order valence-electron chi connectivity index (χ3n) is 2.79. The molecule has 0 heterocycles. The Hall–Kier alpha value is -2.39. The average molecular weight is 300 g/mol. The summed E-state index contributed by atoms with van der Waals surface area (Å²) in [6.45, 7) is 1.42. The predicted molar refractivity (Wildman–Crippen MR) is 85.6 cm³/mol. The Morgan fingerprint density at radius 3 is 2.57 bits per heavy atom. The van der Waals surface area contributed by atoms with Gasteiger partial charge in [0.2, 0.25) is 5.91 Å². The molecule has 1 amide bonds. The molecule has 0 bridgehead atoms. The van der Waals surface area contributed by atoms with Crippen LogP contribution in [-0.2, 0) is 4.79 Å². The van der Waals surface area contributed by atoms with Crippen LogP contribution >= 0.6 is 11.6 Å². The molecule has 3 nitrogen and oxygen atoms in total. The molecule has 1 N–H and O–H groups in total. The fraction of sp³-hybridized carbons (Fsp3) is 0.0588. The summed E-state index contributed by atoms with van der Waals surface area (Å²) in [6, 6.07) is 14.1. The van der Waals surface area contributed by atoms with Gasteiger partial charge in [-0.05, 0) is 35.9 Å². The Morgan fingerprint density at radius 2 is 1.86 bits per heavy atom.